The summed E-state index contributed by atoms with van der Waals surface area (Å²) < 4.78 is 5.10. The molecule has 1 aromatic heterocycles. The zero-order valence-corrected chi connectivity index (χ0v) is 12.5. The third-order valence-electron chi connectivity index (χ3n) is 2.60. The molecule has 0 saturated heterocycles. The SMILES string of the molecule is CCCNCc1csc(N(CCC#N)CCOC)n1. The molecule has 19 heavy (non-hydrogen) atoms. The summed E-state index contributed by atoms with van der Waals surface area (Å²) in [5.41, 5.74) is 1.06. The van der Waals surface area contributed by atoms with Crippen molar-refractivity contribution in [2.45, 2.75) is 26.3 Å². The maximum Gasteiger partial charge on any atom is 0.185 e. The number of thiazole rings is 1. The first-order chi connectivity index (χ1) is 9.31. The number of nitrogens with zero attached hydrogens (tertiary/aromatic N) is 3. The van der Waals surface area contributed by atoms with Gasteiger partial charge in [0.25, 0.3) is 0 Å². The largest absolute Gasteiger partial charge is 0.383 e. The first-order valence-electron chi connectivity index (χ1n) is 6.57. The molecule has 1 N–H and O–H groups in total. The maximum atomic E-state index is 8.70. The normalized spacial score (nSPS) is 10.4. The summed E-state index contributed by atoms with van der Waals surface area (Å²) in [5, 5.41) is 15.1. The van der Waals surface area contributed by atoms with Crippen LogP contribution in [-0.4, -0.2) is 38.3 Å². The predicted octanol–water partition coefficient (Wildman–Crippen LogP) is 2.01. The van der Waals surface area contributed by atoms with Crippen LogP contribution in [0.1, 0.15) is 25.5 Å². The van der Waals surface area contributed by atoms with Crippen molar-refractivity contribution >= 4 is 16.5 Å². The second kappa shape index (κ2) is 9.73. The maximum absolute atomic E-state index is 8.70. The number of hydrogen-bond acceptors (Lipinski definition) is 6. The van der Waals surface area contributed by atoms with E-state index < -0.39 is 0 Å². The van der Waals surface area contributed by atoms with Crippen molar-refractivity contribution in [3.8, 4) is 6.07 Å². The van der Waals surface area contributed by atoms with E-state index in [4.69, 9.17) is 10.00 Å². The van der Waals surface area contributed by atoms with E-state index in [1.807, 2.05) is 0 Å². The Balaban J connectivity index is 2.54. The molecule has 0 aliphatic heterocycles. The van der Waals surface area contributed by atoms with Gasteiger partial charge in [0.05, 0.1) is 24.8 Å². The van der Waals surface area contributed by atoms with E-state index >= 15 is 0 Å². The lowest BCUT2D eigenvalue weighted by atomic mass is 10.4. The Morgan fingerprint density at radius 2 is 2.37 bits per heavy atom. The van der Waals surface area contributed by atoms with Crippen molar-refractivity contribution in [3.05, 3.63) is 11.1 Å². The lowest BCUT2D eigenvalue weighted by Crippen LogP contribution is -2.28. The van der Waals surface area contributed by atoms with Crippen molar-refractivity contribution in [1.82, 2.24) is 10.3 Å². The Labute approximate surface area is 119 Å². The summed E-state index contributed by atoms with van der Waals surface area (Å²) in [5.74, 6) is 0. The minimum Gasteiger partial charge on any atom is -0.383 e. The molecule has 1 rings (SSSR count). The van der Waals surface area contributed by atoms with Crippen LogP contribution in [0, 0.1) is 11.3 Å². The molecule has 0 atom stereocenters. The lowest BCUT2D eigenvalue weighted by Gasteiger charge is -2.19. The highest BCUT2D eigenvalue weighted by Crippen LogP contribution is 2.20. The molecule has 0 fully saturated rings. The molecule has 1 aromatic rings. The van der Waals surface area contributed by atoms with E-state index in [0.29, 0.717) is 19.6 Å². The lowest BCUT2D eigenvalue weighted by molar-refractivity contribution is 0.205. The van der Waals surface area contributed by atoms with Gasteiger partial charge >= 0.3 is 0 Å². The Morgan fingerprint density at radius 1 is 1.53 bits per heavy atom. The van der Waals surface area contributed by atoms with Crippen LogP contribution in [0.15, 0.2) is 5.38 Å². The highest BCUT2D eigenvalue weighted by atomic mass is 32.1. The van der Waals surface area contributed by atoms with Crippen LogP contribution < -0.4 is 10.2 Å². The fourth-order valence-corrected chi connectivity index (χ4v) is 2.48. The van der Waals surface area contributed by atoms with E-state index in [2.05, 4.69) is 33.6 Å². The monoisotopic (exact) mass is 282 g/mol. The smallest absolute Gasteiger partial charge is 0.185 e. The first-order valence-corrected chi connectivity index (χ1v) is 7.45. The summed E-state index contributed by atoms with van der Waals surface area (Å²) in [4.78, 5) is 6.72. The van der Waals surface area contributed by atoms with Crippen molar-refractivity contribution in [1.29, 1.82) is 5.26 Å². The van der Waals surface area contributed by atoms with Gasteiger partial charge in [-0.25, -0.2) is 4.98 Å². The Morgan fingerprint density at radius 3 is 3.05 bits per heavy atom. The zero-order valence-electron chi connectivity index (χ0n) is 11.7. The van der Waals surface area contributed by atoms with E-state index in [0.717, 1.165) is 36.9 Å². The van der Waals surface area contributed by atoms with Gasteiger partial charge in [0.1, 0.15) is 0 Å². The summed E-state index contributed by atoms with van der Waals surface area (Å²) >= 11 is 1.63. The minimum absolute atomic E-state index is 0.507. The Kier molecular flexibility index (Phi) is 8.14. The highest BCUT2D eigenvalue weighted by Gasteiger charge is 2.10. The van der Waals surface area contributed by atoms with E-state index in [9.17, 15) is 0 Å². The molecule has 0 amide bonds. The summed E-state index contributed by atoms with van der Waals surface area (Å²) in [6, 6.07) is 2.18. The van der Waals surface area contributed by atoms with Crippen LogP contribution in [0.2, 0.25) is 0 Å². The standard InChI is InChI=1S/C13H22N4OS/c1-3-6-15-10-12-11-19-13(16-12)17(7-4-5-14)8-9-18-2/h11,15H,3-4,6-10H2,1-2H3. The molecule has 0 bridgehead atoms. The molecule has 0 aromatic carbocycles. The number of ether oxygens (including phenoxy) is 1. The molecule has 0 unspecified atom stereocenters. The van der Waals surface area contributed by atoms with Gasteiger partial charge in [-0.05, 0) is 13.0 Å². The third kappa shape index (κ3) is 6.01. The second-order valence-electron chi connectivity index (χ2n) is 4.19. The Hall–Kier alpha value is -1.16. The summed E-state index contributed by atoms with van der Waals surface area (Å²) in [6.45, 7) is 6.08. The zero-order chi connectivity index (χ0) is 13.9. The minimum atomic E-state index is 0.507. The first kappa shape index (κ1) is 15.9. The van der Waals surface area contributed by atoms with Gasteiger partial charge in [-0.1, -0.05) is 6.92 Å². The topological polar surface area (TPSA) is 61.2 Å². The molecule has 5 nitrogen and oxygen atoms in total. The second-order valence-corrected chi connectivity index (χ2v) is 5.02. The fraction of sp³-hybridized carbons (Fsp3) is 0.692. The Bertz CT molecular complexity index is 388. The third-order valence-corrected chi connectivity index (χ3v) is 3.55. The van der Waals surface area contributed by atoms with Crippen molar-refractivity contribution in [2.75, 3.05) is 38.3 Å². The van der Waals surface area contributed by atoms with Gasteiger partial charge in [-0.3, -0.25) is 0 Å². The molecule has 0 aliphatic rings. The van der Waals surface area contributed by atoms with Crippen LogP contribution in [0.4, 0.5) is 5.13 Å². The van der Waals surface area contributed by atoms with Crippen LogP contribution in [0.25, 0.3) is 0 Å². The average Bonchev–Trinajstić information content (AvgIpc) is 2.88. The predicted molar refractivity (Wildman–Crippen MR) is 78.4 cm³/mol. The number of methoxy groups -OCH3 is 1. The number of hydrogen-bond donors (Lipinski definition) is 1. The molecular weight excluding hydrogens is 260 g/mol. The molecule has 0 radical (unpaired) electrons. The van der Waals surface area contributed by atoms with Crippen LogP contribution in [0.3, 0.4) is 0 Å². The van der Waals surface area contributed by atoms with Crippen molar-refractivity contribution in [2.24, 2.45) is 0 Å². The number of nitriles is 1. The number of nitrogens with one attached hydrogen (secondary N) is 1. The molecular formula is C13H22N4OS. The summed E-state index contributed by atoms with van der Waals surface area (Å²) in [7, 11) is 1.68. The van der Waals surface area contributed by atoms with Gasteiger partial charge < -0.3 is 15.0 Å². The number of anilines is 1. The molecule has 1 heterocycles. The molecule has 0 saturated carbocycles. The molecule has 6 heteroatoms. The van der Waals surface area contributed by atoms with Crippen LogP contribution in [0.5, 0.6) is 0 Å². The molecule has 106 valence electrons. The van der Waals surface area contributed by atoms with E-state index in [1.54, 1.807) is 18.4 Å². The van der Waals surface area contributed by atoms with E-state index in [-0.39, 0.29) is 0 Å². The number of rotatable bonds is 10. The van der Waals surface area contributed by atoms with Gasteiger partial charge in [0.15, 0.2) is 5.13 Å². The van der Waals surface area contributed by atoms with Crippen LogP contribution >= 0.6 is 11.3 Å². The van der Waals surface area contributed by atoms with Gasteiger partial charge in [0, 0.05) is 32.1 Å². The van der Waals surface area contributed by atoms with Gasteiger partial charge in [-0.2, -0.15) is 5.26 Å². The van der Waals surface area contributed by atoms with Gasteiger partial charge in [0.2, 0.25) is 0 Å². The molecule has 0 aliphatic carbocycles. The number of aromatic nitrogens is 1. The fourth-order valence-electron chi connectivity index (χ4n) is 1.61. The molecule has 0 spiro atoms. The van der Waals surface area contributed by atoms with Crippen molar-refractivity contribution in [3.63, 3.8) is 0 Å². The van der Waals surface area contributed by atoms with Crippen LogP contribution in [-0.2, 0) is 11.3 Å². The highest BCUT2D eigenvalue weighted by molar-refractivity contribution is 7.13. The quantitative estimate of drug-likeness (QED) is 0.665. The summed E-state index contributed by atoms with van der Waals surface area (Å²) in [6.07, 6.45) is 1.63. The van der Waals surface area contributed by atoms with Gasteiger partial charge in [-0.15, -0.1) is 11.3 Å². The van der Waals surface area contributed by atoms with E-state index in [1.165, 1.54) is 0 Å². The van der Waals surface area contributed by atoms with Crippen molar-refractivity contribution < 1.29 is 4.74 Å². The average molecular weight is 282 g/mol.